The smallest absolute Gasteiger partial charge is 0.264 e. The molecule has 0 saturated heterocycles. The number of hydrogen-bond acceptors (Lipinski definition) is 5. The van der Waals surface area contributed by atoms with E-state index in [1.54, 1.807) is 18.2 Å². The van der Waals surface area contributed by atoms with E-state index in [0.29, 0.717) is 28.1 Å². The Kier molecular flexibility index (Phi) is 4.03. The van der Waals surface area contributed by atoms with Crippen molar-refractivity contribution in [2.75, 3.05) is 0 Å². The summed E-state index contributed by atoms with van der Waals surface area (Å²) in [5.41, 5.74) is 0.484. The SMILES string of the molecule is CC(C)c1noc(COc2ccc(C#N)cc2Cl)n1. The molecule has 0 spiro atoms. The lowest BCUT2D eigenvalue weighted by atomic mass is 10.2. The molecule has 0 atom stereocenters. The Hall–Kier alpha value is -2.06. The van der Waals surface area contributed by atoms with Gasteiger partial charge in [-0.15, -0.1) is 0 Å². The fourth-order valence-electron chi connectivity index (χ4n) is 1.39. The zero-order valence-electron chi connectivity index (χ0n) is 10.6. The molecule has 0 radical (unpaired) electrons. The lowest BCUT2D eigenvalue weighted by Gasteiger charge is -2.05. The summed E-state index contributed by atoms with van der Waals surface area (Å²) in [5.74, 6) is 1.72. The first kappa shape index (κ1) is 13.4. The van der Waals surface area contributed by atoms with Crippen molar-refractivity contribution in [1.82, 2.24) is 10.1 Å². The lowest BCUT2D eigenvalue weighted by molar-refractivity contribution is 0.242. The molecule has 19 heavy (non-hydrogen) atoms. The average molecular weight is 278 g/mol. The monoisotopic (exact) mass is 277 g/mol. The van der Waals surface area contributed by atoms with Crippen molar-refractivity contribution >= 4 is 11.6 Å². The molecule has 0 amide bonds. The molecule has 0 fully saturated rings. The number of nitrogens with zero attached hydrogens (tertiary/aromatic N) is 3. The van der Waals surface area contributed by atoms with Crippen LogP contribution in [0.4, 0.5) is 0 Å². The number of aromatic nitrogens is 2. The van der Waals surface area contributed by atoms with Crippen LogP contribution in [0.3, 0.4) is 0 Å². The predicted molar refractivity (Wildman–Crippen MR) is 68.9 cm³/mol. The number of benzene rings is 1. The highest BCUT2D eigenvalue weighted by molar-refractivity contribution is 6.32. The minimum Gasteiger partial charge on any atom is -0.482 e. The summed E-state index contributed by atoms with van der Waals surface area (Å²) >= 11 is 5.99. The highest BCUT2D eigenvalue weighted by Gasteiger charge is 2.11. The van der Waals surface area contributed by atoms with Gasteiger partial charge in [-0.05, 0) is 18.2 Å². The van der Waals surface area contributed by atoms with Crippen molar-refractivity contribution in [3.8, 4) is 11.8 Å². The van der Waals surface area contributed by atoms with Crippen LogP contribution in [0.5, 0.6) is 5.75 Å². The second-order valence-corrected chi connectivity index (χ2v) is 4.65. The summed E-state index contributed by atoms with van der Waals surface area (Å²) in [6.45, 7) is 4.10. The molecule has 1 aromatic heterocycles. The number of hydrogen-bond donors (Lipinski definition) is 0. The van der Waals surface area contributed by atoms with Gasteiger partial charge >= 0.3 is 0 Å². The highest BCUT2D eigenvalue weighted by Crippen LogP contribution is 2.26. The molecule has 0 unspecified atom stereocenters. The molecule has 1 aromatic carbocycles. The van der Waals surface area contributed by atoms with Crippen molar-refractivity contribution in [2.24, 2.45) is 0 Å². The molecule has 2 rings (SSSR count). The number of nitriles is 1. The van der Waals surface area contributed by atoms with Crippen LogP contribution in [0.15, 0.2) is 22.7 Å². The van der Waals surface area contributed by atoms with Gasteiger partial charge in [0.05, 0.1) is 16.7 Å². The highest BCUT2D eigenvalue weighted by atomic mass is 35.5. The predicted octanol–water partition coefficient (Wildman–Crippen LogP) is 3.30. The van der Waals surface area contributed by atoms with Gasteiger partial charge in [-0.3, -0.25) is 0 Å². The maximum Gasteiger partial charge on any atom is 0.264 e. The Morgan fingerprint density at radius 3 is 2.84 bits per heavy atom. The molecular weight excluding hydrogens is 266 g/mol. The van der Waals surface area contributed by atoms with Crippen LogP contribution in [0.25, 0.3) is 0 Å². The summed E-state index contributed by atoms with van der Waals surface area (Å²) in [6, 6.07) is 6.82. The molecule has 1 heterocycles. The molecule has 0 N–H and O–H groups in total. The van der Waals surface area contributed by atoms with E-state index in [0.717, 1.165) is 0 Å². The van der Waals surface area contributed by atoms with E-state index in [1.807, 2.05) is 19.9 Å². The summed E-state index contributed by atoms with van der Waals surface area (Å²) < 4.78 is 10.5. The van der Waals surface area contributed by atoms with Crippen molar-refractivity contribution in [2.45, 2.75) is 26.4 Å². The van der Waals surface area contributed by atoms with Gasteiger partial charge in [0.2, 0.25) is 0 Å². The molecule has 2 aromatic rings. The first-order chi connectivity index (χ1) is 9.10. The second kappa shape index (κ2) is 5.72. The Morgan fingerprint density at radius 1 is 1.47 bits per heavy atom. The van der Waals surface area contributed by atoms with Gasteiger partial charge in [0, 0.05) is 5.92 Å². The van der Waals surface area contributed by atoms with Gasteiger partial charge in [-0.25, -0.2) is 0 Å². The van der Waals surface area contributed by atoms with Gasteiger partial charge in [-0.2, -0.15) is 10.2 Å². The third-order valence-corrected chi connectivity index (χ3v) is 2.71. The van der Waals surface area contributed by atoms with Crippen molar-refractivity contribution < 1.29 is 9.26 Å². The summed E-state index contributed by atoms with van der Waals surface area (Å²) in [7, 11) is 0. The maximum absolute atomic E-state index is 8.73. The zero-order valence-corrected chi connectivity index (χ0v) is 11.3. The van der Waals surface area contributed by atoms with E-state index in [9.17, 15) is 0 Å². The largest absolute Gasteiger partial charge is 0.482 e. The molecule has 0 aliphatic carbocycles. The molecule has 5 nitrogen and oxygen atoms in total. The van der Waals surface area contributed by atoms with E-state index in [4.69, 9.17) is 26.1 Å². The Labute approximate surface area is 115 Å². The Morgan fingerprint density at radius 2 is 2.26 bits per heavy atom. The van der Waals surface area contributed by atoms with Crippen molar-refractivity contribution in [3.05, 3.63) is 40.5 Å². The average Bonchev–Trinajstić information content (AvgIpc) is 2.86. The molecule has 6 heteroatoms. The van der Waals surface area contributed by atoms with Gasteiger partial charge in [-0.1, -0.05) is 30.6 Å². The first-order valence-electron chi connectivity index (χ1n) is 5.75. The second-order valence-electron chi connectivity index (χ2n) is 4.25. The molecule has 0 bridgehead atoms. The number of ether oxygens (including phenoxy) is 1. The maximum atomic E-state index is 8.73. The van der Waals surface area contributed by atoms with Crippen LogP contribution in [0.2, 0.25) is 5.02 Å². The fourth-order valence-corrected chi connectivity index (χ4v) is 1.62. The standard InChI is InChI=1S/C13H12ClN3O2/c1-8(2)13-16-12(19-17-13)7-18-11-4-3-9(6-15)5-10(11)14/h3-5,8H,7H2,1-2H3. The normalized spacial score (nSPS) is 10.5. The molecular formula is C13H12ClN3O2. The fraction of sp³-hybridized carbons (Fsp3) is 0.308. The van der Waals surface area contributed by atoms with Crippen LogP contribution < -0.4 is 4.74 Å². The van der Waals surface area contributed by atoms with Gasteiger partial charge in [0.1, 0.15) is 5.75 Å². The number of rotatable bonds is 4. The summed E-state index contributed by atoms with van der Waals surface area (Å²) in [6.07, 6.45) is 0. The van der Waals surface area contributed by atoms with Gasteiger partial charge in [0.15, 0.2) is 12.4 Å². The minimum absolute atomic E-state index is 0.144. The van der Waals surface area contributed by atoms with Crippen LogP contribution >= 0.6 is 11.6 Å². The van der Waals surface area contributed by atoms with Gasteiger partial charge in [0.25, 0.3) is 5.89 Å². The first-order valence-corrected chi connectivity index (χ1v) is 6.13. The minimum atomic E-state index is 0.144. The van der Waals surface area contributed by atoms with Crippen LogP contribution in [-0.2, 0) is 6.61 Å². The van der Waals surface area contributed by atoms with Gasteiger partial charge < -0.3 is 9.26 Å². The van der Waals surface area contributed by atoms with Crippen LogP contribution in [-0.4, -0.2) is 10.1 Å². The van der Waals surface area contributed by atoms with E-state index in [2.05, 4.69) is 10.1 Å². The molecule has 0 saturated carbocycles. The van der Waals surface area contributed by atoms with Crippen LogP contribution in [0.1, 0.15) is 37.0 Å². The van der Waals surface area contributed by atoms with Crippen molar-refractivity contribution in [1.29, 1.82) is 5.26 Å². The Balaban J connectivity index is 2.04. The molecule has 0 aliphatic rings. The Bertz CT molecular complexity index is 617. The van der Waals surface area contributed by atoms with E-state index < -0.39 is 0 Å². The van der Waals surface area contributed by atoms with Crippen molar-refractivity contribution in [3.63, 3.8) is 0 Å². The third kappa shape index (κ3) is 3.24. The van der Waals surface area contributed by atoms with Crippen LogP contribution in [0, 0.1) is 11.3 Å². The topological polar surface area (TPSA) is 71.9 Å². The quantitative estimate of drug-likeness (QED) is 0.857. The number of halogens is 1. The van der Waals surface area contributed by atoms with E-state index >= 15 is 0 Å². The van der Waals surface area contributed by atoms with E-state index in [1.165, 1.54) is 0 Å². The van der Waals surface area contributed by atoms with E-state index in [-0.39, 0.29) is 12.5 Å². The third-order valence-electron chi connectivity index (χ3n) is 2.41. The molecule has 0 aliphatic heterocycles. The zero-order chi connectivity index (χ0) is 13.8. The molecule has 98 valence electrons. The summed E-state index contributed by atoms with van der Waals surface area (Å²) in [4.78, 5) is 4.19. The summed E-state index contributed by atoms with van der Waals surface area (Å²) in [5, 5.41) is 12.9. The lowest BCUT2D eigenvalue weighted by Crippen LogP contribution is -1.97.